The molecule has 1 N–H and O–H groups in total. The standard InChI is InChI=1S/C28H28N2O4/c1-17-12-13-18(28(2,3)4)15-21(17)25(31)23-24(22-11-6-7-14-29-22)30(27(33)26(23)32)19-9-8-10-20(16-19)34-5/h6-16,24,31H,1-5H3/b25-23+. The van der Waals surface area contributed by atoms with Gasteiger partial charge in [0.25, 0.3) is 11.7 Å². The maximum absolute atomic E-state index is 13.4. The second-order valence-electron chi connectivity index (χ2n) is 9.40. The number of aliphatic hydroxyl groups excluding tert-OH is 1. The van der Waals surface area contributed by atoms with Crippen molar-refractivity contribution in [1.29, 1.82) is 0 Å². The number of aromatic nitrogens is 1. The average Bonchev–Trinajstić information content (AvgIpc) is 3.09. The third-order valence-corrected chi connectivity index (χ3v) is 6.10. The fraction of sp³-hybridized carbons (Fsp3) is 0.250. The van der Waals surface area contributed by atoms with E-state index in [4.69, 9.17) is 4.74 Å². The molecule has 1 aromatic heterocycles. The van der Waals surface area contributed by atoms with E-state index in [1.165, 1.54) is 12.0 Å². The second kappa shape index (κ2) is 8.78. The zero-order valence-corrected chi connectivity index (χ0v) is 20.0. The predicted molar refractivity (Wildman–Crippen MR) is 132 cm³/mol. The lowest BCUT2D eigenvalue weighted by Crippen LogP contribution is -2.29. The van der Waals surface area contributed by atoms with Gasteiger partial charge in [-0.15, -0.1) is 0 Å². The summed E-state index contributed by atoms with van der Waals surface area (Å²) < 4.78 is 5.32. The van der Waals surface area contributed by atoms with Gasteiger partial charge in [0.15, 0.2) is 0 Å². The molecule has 1 aliphatic rings. The molecule has 2 heterocycles. The van der Waals surface area contributed by atoms with Crippen molar-refractivity contribution in [3.8, 4) is 5.75 Å². The molecule has 0 saturated carbocycles. The largest absolute Gasteiger partial charge is 0.507 e. The number of aryl methyl sites for hydroxylation is 1. The van der Waals surface area contributed by atoms with Gasteiger partial charge < -0.3 is 9.84 Å². The first-order valence-electron chi connectivity index (χ1n) is 11.1. The molecule has 1 fully saturated rings. The van der Waals surface area contributed by atoms with Gasteiger partial charge in [0.05, 0.1) is 18.4 Å². The van der Waals surface area contributed by atoms with E-state index >= 15 is 0 Å². The smallest absolute Gasteiger partial charge is 0.300 e. The average molecular weight is 457 g/mol. The number of amides is 1. The number of ether oxygens (including phenoxy) is 1. The maximum Gasteiger partial charge on any atom is 0.300 e. The van der Waals surface area contributed by atoms with Crippen molar-refractivity contribution >= 4 is 23.1 Å². The molecule has 34 heavy (non-hydrogen) atoms. The Bertz CT molecular complexity index is 1290. The summed E-state index contributed by atoms with van der Waals surface area (Å²) in [5.41, 5.74) is 3.16. The van der Waals surface area contributed by atoms with E-state index in [2.05, 4.69) is 25.8 Å². The van der Waals surface area contributed by atoms with E-state index in [1.54, 1.807) is 48.7 Å². The first-order chi connectivity index (χ1) is 16.1. The van der Waals surface area contributed by atoms with E-state index in [0.717, 1.165) is 11.1 Å². The summed E-state index contributed by atoms with van der Waals surface area (Å²) in [6.45, 7) is 8.11. The van der Waals surface area contributed by atoms with Crippen molar-refractivity contribution in [1.82, 2.24) is 4.98 Å². The van der Waals surface area contributed by atoms with Crippen LogP contribution in [0.25, 0.3) is 5.76 Å². The molecule has 3 aromatic rings. The number of carbonyl (C=O) groups excluding carboxylic acids is 2. The van der Waals surface area contributed by atoms with E-state index in [9.17, 15) is 14.7 Å². The van der Waals surface area contributed by atoms with Gasteiger partial charge in [-0.25, -0.2) is 0 Å². The van der Waals surface area contributed by atoms with Gasteiger partial charge in [0.1, 0.15) is 17.6 Å². The first-order valence-corrected chi connectivity index (χ1v) is 11.1. The molecule has 174 valence electrons. The fourth-order valence-electron chi connectivity index (χ4n) is 4.17. The highest BCUT2D eigenvalue weighted by atomic mass is 16.5. The van der Waals surface area contributed by atoms with Crippen LogP contribution in [0.2, 0.25) is 0 Å². The van der Waals surface area contributed by atoms with E-state index in [0.29, 0.717) is 22.7 Å². The molecule has 1 unspecified atom stereocenters. The maximum atomic E-state index is 13.4. The minimum absolute atomic E-state index is 0.0145. The number of ketones is 1. The number of nitrogens with zero attached hydrogens (tertiary/aromatic N) is 2. The van der Waals surface area contributed by atoms with Crippen LogP contribution in [0, 0.1) is 6.92 Å². The van der Waals surface area contributed by atoms with Gasteiger partial charge in [0.2, 0.25) is 0 Å². The highest BCUT2D eigenvalue weighted by Gasteiger charge is 2.47. The van der Waals surface area contributed by atoms with Crippen molar-refractivity contribution in [3.05, 3.63) is 94.8 Å². The number of carbonyl (C=O) groups is 2. The zero-order chi connectivity index (χ0) is 24.6. The minimum Gasteiger partial charge on any atom is -0.507 e. The summed E-state index contributed by atoms with van der Waals surface area (Å²) >= 11 is 0. The monoisotopic (exact) mass is 456 g/mol. The predicted octanol–water partition coefficient (Wildman–Crippen LogP) is 5.32. The molecular formula is C28H28N2O4. The Hall–Kier alpha value is -3.93. The Morgan fingerprint density at radius 3 is 2.44 bits per heavy atom. The molecule has 2 aromatic carbocycles. The Kier molecular flexibility index (Phi) is 6.00. The second-order valence-corrected chi connectivity index (χ2v) is 9.40. The summed E-state index contributed by atoms with van der Waals surface area (Å²) in [7, 11) is 1.54. The first kappa shape index (κ1) is 23.2. The van der Waals surface area contributed by atoms with Crippen LogP contribution in [-0.4, -0.2) is 28.9 Å². The van der Waals surface area contributed by atoms with Gasteiger partial charge in [-0.2, -0.15) is 0 Å². The molecule has 6 heteroatoms. The number of hydrogen-bond donors (Lipinski definition) is 1. The lowest BCUT2D eigenvalue weighted by Gasteiger charge is -2.25. The van der Waals surface area contributed by atoms with Crippen molar-refractivity contribution in [2.75, 3.05) is 12.0 Å². The lowest BCUT2D eigenvalue weighted by molar-refractivity contribution is -0.132. The molecule has 0 radical (unpaired) electrons. The zero-order valence-electron chi connectivity index (χ0n) is 20.0. The molecule has 0 bridgehead atoms. The number of benzene rings is 2. The van der Waals surface area contributed by atoms with Crippen molar-refractivity contribution < 1.29 is 19.4 Å². The van der Waals surface area contributed by atoms with Crippen LogP contribution in [0.1, 0.15) is 49.2 Å². The van der Waals surface area contributed by atoms with Gasteiger partial charge in [-0.05, 0) is 53.8 Å². The molecule has 6 nitrogen and oxygen atoms in total. The molecule has 0 aliphatic carbocycles. The van der Waals surface area contributed by atoms with Gasteiger partial charge >= 0.3 is 0 Å². The van der Waals surface area contributed by atoms with E-state index in [-0.39, 0.29) is 16.7 Å². The molecule has 1 aliphatic heterocycles. The Labute approximate surface area is 199 Å². The molecular weight excluding hydrogens is 428 g/mol. The van der Waals surface area contributed by atoms with Gasteiger partial charge in [-0.1, -0.05) is 45.0 Å². The van der Waals surface area contributed by atoms with Crippen molar-refractivity contribution in [2.24, 2.45) is 0 Å². The van der Waals surface area contributed by atoms with Crippen LogP contribution in [-0.2, 0) is 15.0 Å². The van der Waals surface area contributed by atoms with Crippen LogP contribution < -0.4 is 9.64 Å². The Morgan fingerprint density at radius 1 is 1.03 bits per heavy atom. The molecule has 0 spiro atoms. The Balaban J connectivity index is 1.97. The molecule has 1 atom stereocenters. The minimum atomic E-state index is -0.883. The Morgan fingerprint density at radius 2 is 1.79 bits per heavy atom. The van der Waals surface area contributed by atoms with E-state index < -0.39 is 17.7 Å². The van der Waals surface area contributed by atoms with Crippen molar-refractivity contribution in [3.63, 3.8) is 0 Å². The summed E-state index contributed by atoms with van der Waals surface area (Å²) in [5, 5.41) is 11.5. The number of rotatable bonds is 4. The quantitative estimate of drug-likeness (QED) is 0.326. The topological polar surface area (TPSA) is 79.7 Å². The number of pyridine rings is 1. The molecule has 4 rings (SSSR count). The van der Waals surface area contributed by atoms with Gasteiger partial charge in [-0.3, -0.25) is 19.5 Å². The van der Waals surface area contributed by atoms with Crippen LogP contribution in [0.15, 0.2) is 72.4 Å². The SMILES string of the molecule is COc1cccc(N2C(=O)C(=O)/C(=C(/O)c3cc(C(C)(C)C)ccc3C)C2c2ccccn2)c1. The van der Waals surface area contributed by atoms with Crippen LogP contribution in [0.4, 0.5) is 5.69 Å². The van der Waals surface area contributed by atoms with E-state index in [1.807, 2.05) is 25.1 Å². The summed E-state index contributed by atoms with van der Waals surface area (Å²) in [5.74, 6) is -1.14. The third-order valence-electron chi connectivity index (χ3n) is 6.10. The summed E-state index contributed by atoms with van der Waals surface area (Å²) in [4.78, 5) is 32.5. The third kappa shape index (κ3) is 4.07. The summed E-state index contributed by atoms with van der Waals surface area (Å²) in [6, 6.07) is 17.2. The van der Waals surface area contributed by atoms with Gasteiger partial charge in [0, 0.05) is 23.5 Å². The number of methoxy groups -OCH3 is 1. The van der Waals surface area contributed by atoms with Crippen LogP contribution in [0.3, 0.4) is 0 Å². The number of aliphatic hydroxyl groups is 1. The normalized spacial score (nSPS) is 17.8. The number of hydrogen-bond acceptors (Lipinski definition) is 5. The highest BCUT2D eigenvalue weighted by Crippen LogP contribution is 2.42. The molecule has 1 amide bonds. The lowest BCUT2D eigenvalue weighted by atomic mass is 9.84. The number of Topliss-reactive ketones (excluding diaryl/α,β-unsaturated/α-hetero) is 1. The molecule has 1 saturated heterocycles. The highest BCUT2D eigenvalue weighted by molar-refractivity contribution is 6.51. The summed E-state index contributed by atoms with van der Waals surface area (Å²) in [6.07, 6.45) is 1.60. The van der Waals surface area contributed by atoms with Crippen LogP contribution in [0.5, 0.6) is 5.75 Å². The van der Waals surface area contributed by atoms with Crippen molar-refractivity contribution in [2.45, 2.75) is 39.2 Å². The number of anilines is 1. The fourth-order valence-corrected chi connectivity index (χ4v) is 4.17. The van der Waals surface area contributed by atoms with Crippen LogP contribution >= 0.6 is 0 Å².